The molecule has 5 rings (SSSR count). The fraction of sp³-hybridized carbons (Fsp3) is 0.320. The molecule has 0 spiro atoms. The molecule has 0 bridgehead atoms. The standard InChI is InChI=1S/C25H25F2N5O6S/c1-37-17-2-3-19(22(11-17)28-24(33)14-5-7-38-13-14)25(34)29-23-20-12-32(6-4-21(20)30-31-23)39(35,36)18-9-15(26)8-16(27)10-18/h2-3,8-11,14H,4-7,12-13H2,1H3,(H,28,33)(H2,29,30,31,34). The van der Waals surface area contributed by atoms with Crippen LogP contribution in [0.1, 0.15) is 28.0 Å². The van der Waals surface area contributed by atoms with Gasteiger partial charge in [0, 0.05) is 49.5 Å². The van der Waals surface area contributed by atoms with E-state index in [1.807, 2.05) is 0 Å². The summed E-state index contributed by atoms with van der Waals surface area (Å²) in [6.45, 7) is 0.630. The molecule has 1 fully saturated rings. The van der Waals surface area contributed by atoms with Crippen molar-refractivity contribution in [3.05, 3.63) is 64.9 Å². The molecule has 2 aromatic carbocycles. The van der Waals surface area contributed by atoms with E-state index >= 15 is 0 Å². The molecule has 206 valence electrons. The number of anilines is 2. The Morgan fingerprint density at radius 2 is 1.92 bits per heavy atom. The maximum Gasteiger partial charge on any atom is 0.258 e. The summed E-state index contributed by atoms with van der Waals surface area (Å²) >= 11 is 0. The van der Waals surface area contributed by atoms with E-state index in [-0.39, 0.29) is 48.4 Å². The molecule has 14 heteroatoms. The van der Waals surface area contributed by atoms with Gasteiger partial charge in [-0.2, -0.15) is 9.40 Å². The third-order valence-electron chi connectivity index (χ3n) is 6.63. The van der Waals surface area contributed by atoms with Gasteiger partial charge in [-0.1, -0.05) is 0 Å². The quantitative estimate of drug-likeness (QED) is 0.403. The van der Waals surface area contributed by atoms with E-state index in [1.165, 1.54) is 19.2 Å². The van der Waals surface area contributed by atoms with Crippen molar-refractivity contribution in [3.63, 3.8) is 0 Å². The highest BCUT2D eigenvalue weighted by molar-refractivity contribution is 7.89. The van der Waals surface area contributed by atoms with Crippen LogP contribution in [0.3, 0.4) is 0 Å². The minimum atomic E-state index is -4.23. The molecular formula is C25H25F2N5O6S. The summed E-state index contributed by atoms with van der Waals surface area (Å²) in [4.78, 5) is 25.5. The Morgan fingerprint density at radius 3 is 2.62 bits per heavy atom. The van der Waals surface area contributed by atoms with Crippen molar-refractivity contribution in [2.75, 3.05) is 37.5 Å². The van der Waals surface area contributed by atoms with Gasteiger partial charge in [0.2, 0.25) is 15.9 Å². The number of hydrogen-bond acceptors (Lipinski definition) is 7. The number of halogens is 2. The number of benzene rings is 2. The Kier molecular flexibility index (Phi) is 7.34. The summed E-state index contributed by atoms with van der Waals surface area (Å²) < 4.78 is 65.2. The van der Waals surface area contributed by atoms with Crippen molar-refractivity contribution in [3.8, 4) is 5.75 Å². The second-order valence-electron chi connectivity index (χ2n) is 9.14. The van der Waals surface area contributed by atoms with Crippen molar-refractivity contribution < 1.29 is 36.3 Å². The number of carbonyl (C=O) groups excluding carboxylic acids is 2. The summed E-state index contributed by atoms with van der Waals surface area (Å²) in [7, 11) is -2.78. The molecule has 1 atom stereocenters. The van der Waals surface area contributed by atoms with E-state index in [0.717, 1.165) is 16.4 Å². The van der Waals surface area contributed by atoms with E-state index in [0.29, 0.717) is 42.7 Å². The molecule has 2 aliphatic heterocycles. The van der Waals surface area contributed by atoms with Gasteiger partial charge in [-0.15, -0.1) is 0 Å². The summed E-state index contributed by atoms with van der Waals surface area (Å²) in [5.74, 6) is -2.73. The fourth-order valence-corrected chi connectivity index (χ4v) is 5.96. The summed E-state index contributed by atoms with van der Waals surface area (Å²) in [5.41, 5.74) is 1.39. The molecule has 11 nitrogen and oxygen atoms in total. The molecule has 3 N–H and O–H groups in total. The molecular weight excluding hydrogens is 536 g/mol. The average Bonchev–Trinajstić information content (AvgIpc) is 3.58. The Balaban J connectivity index is 1.38. The van der Waals surface area contributed by atoms with Crippen LogP contribution in [-0.4, -0.2) is 61.6 Å². The van der Waals surface area contributed by atoms with Crippen LogP contribution in [0.15, 0.2) is 41.3 Å². The molecule has 3 aromatic rings. The minimum absolute atomic E-state index is 0.0442. The molecule has 0 saturated carbocycles. The number of H-pyrrole nitrogens is 1. The van der Waals surface area contributed by atoms with Gasteiger partial charge in [-0.05, 0) is 30.7 Å². The predicted molar refractivity (Wildman–Crippen MR) is 135 cm³/mol. The third kappa shape index (κ3) is 5.48. The zero-order chi connectivity index (χ0) is 27.7. The SMILES string of the molecule is COc1ccc(C(=O)Nc2n[nH]c3c2CN(S(=O)(=O)c2cc(F)cc(F)c2)CC3)c(NC(=O)C2CCOC2)c1. The van der Waals surface area contributed by atoms with E-state index < -0.39 is 32.5 Å². The molecule has 1 aromatic heterocycles. The normalized spacial score (nSPS) is 17.5. The average molecular weight is 562 g/mol. The van der Waals surface area contributed by atoms with Crippen LogP contribution < -0.4 is 15.4 Å². The fourth-order valence-electron chi connectivity index (χ4n) is 4.51. The van der Waals surface area contributed by atoms with Crippen LogP contribution in [0, 0.1) is 17.6 Å². The highest BCUT2D eigenvalue weighted by Gasteiger charge is 2.32. The topological polar surface area (TPSA) is 143 Å². The number of hydrogen-bond donors (Lipinski definition) is 3. The monoisotopic (exact) mass is 561 g/mol. The first-order valence-electron chi connectivity index (χ1n) is 12.1. The minimum Gasteiger partial charge on any atom is -0.497 e. The van der Waals surface area contributed by atoms with Gasteiger partial charge in [-0.3, -0.25) is 14.7 Å². The van der Waals surface area contributed by atoms with Gasteiger partial charge in [0.15, 0.2) is 5.82 Å². The number of sulfonamides is 1. The summed E-state index contributed by atoms with van der Waals surface area (Å²) in [6, 6.07) is 6.68. The number of methoxy groups -OCH3 is 1. The zero-order valence-corrected chi connectivity index (χ0v) is 21.6. The van der Waals surface area contributed by atoms with Gasteiger partial charge >= 0.3 is 0 Å². The van der Waals surface area contributed by atoms with Crippen molar-refractivity contribution in [1.82, 2.24) is 14.5 Å². The van der Waals surface area contributed by atoms with E-state index in [4.69, 9.17) is 9.47 Å². The van der Waals surface area contributed by atoms with E-state index in [9.17, 15) is 26.8 Å². The van der Waals surface area contributed by atoms with Crippen molar-refractivity contribution >= 4 is 33.3 Å². The maximum atomic E-state index is 13.7. The first-order valence-corrected chi connectivity index (χ1v) is 13.5. The molecule has 1 unspecified atom stereocenters. The first kappa shape index (κ1) is 26.7. The van der Waals surface area contributed by atoms with Gasteiger partial charge < -0.3 is 20.1 Å². The zero-order valence-electron chi connectivity index (χ0n) is 20.8. The van der Waals surface area contributed by atoms with E-state index in [2.05, 4.69) is 20.8 Å². The number of carbonyl (C=O) groups is 2. The maximum absolute atomic E-state index is 13.7. The van der Waals surface area contributed by atoms with Gasteiger partial charge in [0.25, 0.3) is 5.91 Å². The van der Waals surface area contributed by atoms with Crippen molar-refractivity contribution in [2.24, 2.45) is 5.92 Å². The molecule has 2 aliphatic rings. The lowest BCUT2D eigenvalue weighted by molar-refractivity contribution is -0.119. The molecule has 3 heterocycles. The Labute approximate surface area is 222 Å². The van der Waals surface area contributed by atoms with Gasteiger partial charge in [0.1, 0.15) is 17.4 Å². The van der Waals surface area contributed by atoms with Crippen LogP contribution in [0.5, 0.6) is 5.75 Å². The van der Waals surface area contributed by atoms with Crippen molar-refractivity contribution in [2.45, 2.75) is 24.3 Å². The largest absolute Gasteiger partial charge is 0.497 e. The number of rotatable bonds is 7. The highest BCUT2D eigenvalue weighted by atomic mass is 32.2. The van der Waals surface area contributed by atoms with Crippen LogP contribution in [0.25, 0.3) is 0 Å². The Bertz CT molecular complexity index is 1520. The summed E-state index contributed by atoms with van der Waals surface area (Å²) in [6.07, 6.45) is 0.806. The second kappa shape index (κ2) is 10.7. The lowest BCUT2D eigenvalue weighted by Gasteiger charge is -2.26. The van der Waals surface area contributed by atoms with Gasteiger partial charge in [0.05, 0.1) is 35.8 Å². The first-order chi connectivity index (χ1) is 18.7. The van der Waals surface area contributed by atoms with Crippen molar-refractivity contribution in [1.29, 1.82) is 0 Å². The summed E-state index contributed by atoms with van der Waals surface area (Å²) in [5, 5.41) is 12.4. The van der Waals surface area contributed by atoms with E-state index in [1.54, 1.807) is 6.07 Å². The predicted octanol–water partition coefficient (Wildman–Crippen LogP) is 2.67. The van der Waals surface area contributed by atoms with Crippen LogP contribution in [-0.2, 0) is 32.5 Å². The number of nitrogens with zero attached hydrogens (tertiary/aromatic N) is 2. The molecule has 1 saturated heterocycles. The second-order valence-corrected chi connectivity index (χ2v) is 11.1. The number of ether oxygens (including phenoxy) is 2. The highest BCUT2D eigenvalue weighted by Crippen LogP contribution is 2.30. The van der Waals surface area contributed by atoms with Gasteiger partial charge in [-0.25, -0.2) is 17.2 Å². The smallest absolute Gasteiger partial charge is 0.258 e. The third-order valence-corrected chi connectivity index (χ3v) is 8.46. The molecule has 2 amide bonds. The molecule has 39 heavy (non-hydrogen) atoms. The number of nitrogens with one attached hydrogen (secondary N) is 3. The number of aromatic nitrogens is 2. The Hall–Kier alpha value is -3.88. The molecule has 0 radical (unpaired) electrons. The van der Waals surface area contributed by atoms with Crippen LogP contribution in [0.4, 0.5) is 20.3 Å². The van der Waals surface area contributed by atoms with Crippen LogP contribution >= 0.6 is 0 Å². The number of amides is 2. The number of aromatic amines is 1. The van der Waals surface area contributed by atoms with Crippen LogP contribution in [0.2, 0.25) is 0 Å². The Morgan fingerprint density at radius 1 is 1.15 bits per heavy atom. The molecule has 0 aliphatic carbocycles. The lowest BCUT2D eigenvalue weighted by Crippen LogP contribution is -2.36. The lowest BCUT2D eigenvalue weighted by atomic mass is 10.1. The number of fused-ring (bicyclic) bond motifs is 1.